The first-order valence-corrected chi connectivity index (χ1v) is 8.61. The molecule has 128 valence electrons. The fraction of sp³-hybridized carbons (Fsp3) is 0.167. The molecule has 1 heterocycles. The molecule has 0 fully saturated rings. The van der Waals surface area contributed by atoms with Gasteiger partial charge in [0, 0.05) is 17.8 Å². The zero-order chi connectivity index (χ0) is 17.8. The molecule has 1 amide bonds. The number of benzene rings is 2. The molecule has 0 spiro atoms. The predicted octanol–water partition coefficient (Wildman–Crippen LogP) is 2.45. The molecule has 0 aliphatic heterocycles. The maximum atomic E-state index is 12.3. The van der Waals surface area contributed by atoms with Gasteiger partial charge in [-0.2, -0.15) is 0 Å². The van der Waals surface area contributed by atoms with Crippen molar-refractivity contribution < 1.29 is 19.1 Å². The first kappa shape index (κ1) is 17.0. The highest BCUT2D eigenvalue weighted by Gasteiger charge is 2.26. The predicted molar refractivity (Wildman–Crippen MR) is 92.6 cm³/mol. The van der Waals surface area contributed by atoms with Crippen LogP contribution in [0.15, 0.2) is 64.1 Å². The lowest BCUT2D eigenvalue weighted by molar-refractivity contribution is -0.705. The fourth-order valence-corrected chi connectivity index (χ4v) is 3.05. The van der Waals surface area contributed by atoms with Crippen LogP contribution < -0.4 is 15.1 Å². The molecule has 0 bridgehead atoms. The van der Waals surface area contributed by atoms with Crippen molar-refractivity contribution in [2.45, 2.75) is 24.1 Å². The van der Waals surface area contributed by atoms with E-state index in [-0.39, 0.29) is 10.9 Å². The van der Waals surface area contributed by atoms with Crippen LogP contribution >= 0.6 is 11.8 Å². The summed E-state index contributed by atoms with van der Waals surface area (Å²) in [6, 6.07) is 16.7. The number of nitrogens with zero attached hydrogens (tertiary/aromatic N) is 2. The van der Waals surface area contributed by atoms with Gasteiger partial charge in [0.1, 0.15) is 0 Å². The molecule has 0 saturated carbocycles. The second kappa shape index (κ2) is 7.40. The van der Waals surface area contributed by atoms with Crippen LogP contribution in [0.1, 0.15) is 12.5 Å². The number of anilines is 1. The molecule has 1 N–H and O–H groups in total. The third-order valence-corrected chi connectivity index (χ3v) is 4.68. The average molecular weight is 355 g/mol. The summed E-state index contributed by atoms with van der Waals surface area (Å²) in [5.41, 5.74) is 2.51. The smallest absolute Gasteiger partial charge is 0.298 e. The molecule has 0 saturated heterocycles. The number of hydrogen-bond donors (Lipinski definition) is 1. The van der Waals surface area contributed by atoms with E-state index >= 15 is 0 Å². The number of nitrogens with one attached hydrogen (secondary N) is 1. The second-order valence-corrected chi connectivity index (χ2v) is 6.86. The number of aromatic nitrogens is 2. The number of amides is 1. The lowest BCUT2D eigenvalue weighted by Crippen LogP contribution is -2.36. The number of rotatable bonds is 5. The van der Waals surface area contributed by atoms with E-state index in [1.807, 2.05) is 49.4 Å². The molecule has 2 aromatic carbocycles. The lowest BCUT2D eigenvalue weighted by atomic mass is 10.2. The van der Waals surface area contributed by atoms with Crippen molar-refractivity contribution in [2.24, 2.45) is 0 Å². The summed E-state index contributed by atoms with van der Waals surface area (Å²) in [5, 5.41) is 18.4. The van der Waals surface area contributed by atoms with Crippen molar-refractivity contribution >= 4 is 23.4 Å². The summed E-state index contributed by atoms with van der Waals surface area (Å²) >= 11 is 1.11. The molecule has 1 unspecified atom stereocenters. The van der Waals surface area contributed by atoms with Crippen LogP contribution in [0.25, 0.3) is 5.69 Å². The highest BCUT2D eigenvalue weighted by Crippen LogP contribution is 2.28. The summed E-state index contributed by atoms with van der Waals surface area (Å²) < 4.78 is 6.20. The van der Waals surface area contributed by atoms with E-state index in [1.165, 1.54) is 4.68 Å². The minimum atomic E-state index is -0.565. The van der Waals surface area contributed by atoms with E-state index < -0.39 is 11.2 Å². The maximum Gasteiger partial charge on any atom is 0.298 e. The van der Waals surface area contributed by atoms with Gasteiger partial charge in [-0.25, -0.2) is 0 Å². The number of carbonyl (C=O) groups is 1. The third-order valence-electron chi connectivity index (χ3n) is 3.55. The van der Waals surface area contributed by atoms with Crippen LogP contribution in [0.5, 0.6) is 5.95 Å². The van der Waals surface area contributed by atoms with E-state index in [4.69, 9.17) is 4.52 Å². The minimum Gasteiger partial charge on any atom is -0.538 e. The standard InChI is InChI=1S/C18H17N3O3S/c1-12-8-10-15(11-9-12)21-17(18(23)24-20-21)25-13(2)16(22)19-14-6-4-3-5-7-14/h3-11,13H,1-2H3,(H-,19,20,22,23). The SMILES string of the molecule is Cc1ccc(-[n+]2noc([O-])c2SC(C)C(=O)Nc2ccccc2)cc1. The van der Waals surface area contributed by atoms with E-state index in [0.717, 1.165) is 17.3 Å². The van der Waals surface area contributed by atoms with Crippen molar-refractivity contribution in [3.05, 3.63) is 60.2 Å². The Morgan fingerprint density at radius 1 is 1.20 bits per heavy atom. The molecule has 1 atom stereocenters. The van der Waals surface area contributed by atoms with E-state index in [1.54, 1.807) is 19.1 Å². The Morgan fingerprint density at radius 3 is 2.56 bits per heavy atom. The molecular formula is C18H17N3O3S. The van der Waals surface area contributed by atoms with Gasteiger partial charge in [-0.15, -0.1) is 0 Å². The van der Waals surface area contributed by atoms with Gasteiger partial charge in [-0.05, 0) is 42.4 Å². The van der Waals surface area contributed by atoms with E-state index in [2.05, 4.69) is 10.6 Å². The Morgan fingerprint density at radius 2 is 1.88 bits per heavy atom. The Kier molecular flexibility index (Phi) is 5.04. The molecule has 0 aliphatic carbocycles. The number of aryl methyl sites for hydroxylation is 1. The van der Waals surface area contributed by atoms with Gasteiger partial charge >= 0.3 is 0 Å². The highest BCUT2D eigenvalue weighted by molar-refractivity contribution is 8.00. The van der Waals surface area contributed by atoms with Gasteiger partial charge in [0.2, 0.25) is 11.6 Å². The molecular weight excluding hydrogens is 338 g/mol. The van der Waals surface area contributed by atoms with Gasteiger partial charge in [-0.1, -0.05) is 35.9 Å². The Bertz CT molecular complexity index is 863. The van der Waals surface area contributed by atoms with Crippen LogP contribution in [-0.2, 0) is 4.79 Å². The number of carbonyl (C=O) groups excluding carboxylic acids is 1. The molecule has 0 radical (unpaired) electrons. The van der Waals surface area contributed by atoms with Crippen molar-refractivity contribution in [1.82, 2.24) is 5.27 Å². The first-order valence-electron chi connectivity index (χ1n) is 7.73. The van der Waals surface area contributed by atoms with Gasteiger partial charge < -0.3 is 14.9 Å². The van der Waals surface area contributed by atoms with Crippen LogP contribution in [0, 0.1) is 6.92 Å². The topological polar surface area (TPSA) is 82.1 Å². The van der Waals surface area contributed by atoms with Crippen LogP contribution in [-0.4, -0.2) is 16.4 Å². The van der Waals surface area contributed by atoms with Crippen LogP contribution in [0.4, 0.5) is 5.69 Å². The summed E-state index contributed by atoms with van der Waals surface area (Å²) in [6.07, 6.45) is 0. The number of thioether (sulfide) groups is 1. The zero-order valence-electron chi connectivity index (χ0n) is 13.8. The zero-order valence-corrected chi connectivity index (χ0v) is 14.6. The Balaban J connectivity index is 1.77. The first-order chi connectivity index (χ1) is 12.0. The van der Waals surface area contributed by atoms with E-state index in [0.29, 0.717) is 11.4 Å². The van der Waals surface area contributed by atoms with Crippen LogP contribution in [0.3, 0.4) is 0 Å². The van der Waals surface area contributed by atoms with Crippen molar-refractivity contribution in [1.29, 1.82) is 0 Å². The molecule has 25 heavy (non-hydrogen) atoms. The third kappa shape index (κ3) is 4.00. The molecule has 7 heteroatoms. The normalized spacial score (nSPS) is 11.9. The molecule has 1 aromatic heterocycles. The number of para-hydroxylation sites is 1. The molecule has 0 aliphatic rings. The van der Waals surface area contributed by atoms with Gasteiger partial charge in [0.25, 0.3) is 5.03 Å². The second-order valence-electron chi connectivity index (χ2n) is 5.53. The summed E-state index contributed by atoms with van der Waals surface area (Å²) in [7, 11) is 0. The van der Waals surface area contributed by atoms with Gasteiger partial charge in [0.15, 0.2) is 5.95 Å². The quantitative estimate of drug-likeness (QED) is 0.561. The Hall–Kier alpha value is -2.80. The lowest BCUT2D eigenvalue weighted by Gasteiger charge is -2.10. The maximum absolute atomic E-state index is 12.3. The van der Waals surface area contributed by atoms with E-state index in [9.17, 15) is 9.90 Å². The van der Waals surface area contributed by atoms with Crippen molar-refractivity contribution in [2.75, 3.05) is 5.32 Å². The largest absolute Gasteiger partial charge is 0.538 e. The summed E-state index contributed by atoms with van der Waals surface area (Å²) in [4.78, 5) is 12.3. The van der Waals surface area contributed by atoms with Gasteiger partial charge in [-0.3, -0.25) is 4.79 Å². The highest BCUT2D eigenvalue weighted by atomic mass is 32.2. The monoisotopic (exact) mass is 355 g/mol. The molecule has 3 aromatic rings. The van der Waals surface area contributed by atoms with Gasteiger partial charge in [0.05, 0.1) is 10.5 Å². The summed E-state index contributed by atoms with van der Waals surface area (Å²) in [5.74, 6) is -0.766. The fourth-order valence-electron chi connectivity index (χ4n) is 2.18. The number of hydrogen-bond acceptors (Lipinski definition) is 5. The average Bonchev–Trinajstić information content (AvgIpc) is 2.97. The van der Waals surface area contributed by atoms with Crippen molar-refractivity contribution in [3.63, 3.8) is 0 Å². The summed E-state index contributed by atoms with van der Waals surface area (Å²) in [6.45, 7) is 3.71. The van der Waals surface area contributed by atoms with Crippen molar-refractivity contribution in [3.8, 4) is 11.6 Å². The molecule has 3 rings (SSSR count). The molecule has 6 nitrogen and oxygen atoms in total. The van der Waals surface area contributed by atoms with Crippen LogP contribution in [0.2, 0.25) is 0 Å². The minimum absolute atomic E-state index is 0.202. The Labute approximate surface area is 149 Å².